The number of anilines is 2. The van der Waals surface area contributed by atoms with E-state index in [0.717, 1.165) is 10.7 Å². The van der Waals surface area contributed by atoms with Gasteiger partial charge in [-0.05, 0) is 42.0 Å². The molecule has 0 spiro atoms. The van der Waals surface area contributed by atoms with Gasteiger partial charge in [0, 0.05) is 12.4 Å². The van der Waals surface area contributed by atoms with Crippen LogP contribution in [0.5, 0.6) is 0 Å². The molecule has 0 aliphatic rings. The molecule has 0 saturated heterocycles. The van der Waals surface area contributed by atoms with Gasteiger partial charge in [-0.3, -0.25) is 4.98 Å². The molecule has 7 nitrogen and oxygen atoms in total. The van der Waals surface area contributed by atoms with Gasteiger partial charge in [-0.15, -0.1) is 0 Å². The average molecular weight is 493 g/mol. The second kappa shape index (κ2) is 8.77. The average Bonchev–Trinajstić information content (AvgIpc) is 3.24. The molecule has 0 fully saturated rings. The van der Waals surface area contributed by atoms with Gasteiger partial charge in [0.15, 0.2) is 11.5 Å². The first-order chi connectivity index (χ1) is 17.2. The van der Waals surface area contributed by atoms with Gasteiger partial charge < -0.3 is 10.4 Å². The molecule has 5 rings (SSSR count). The van der Waals surface area contributed by atoms with Crippen LogP contribution in [0, 0.1) is 5.82 Å². The Bertz CT molecular complexity index is 1600. The molecule has 0 radical (unpaired) electrons. The molecule has 0 bridgehead atoms. The summed E-state index contributed by atoms with van der Waals surface area (Å²) in [5.41, 5.74) is -1.86. The summed E-state index contributed by atoms with van der Waals surface area (Å²) in [7, 11) is 0. The number of aromatic carboxylic acids is 1. The molecule has 2 heterocycles. The van der Waals surface area contributed by atoms with Crippen molar-refractivity contribution in [1.82, 2.24) is 19.7 Å². The van der Waals surface area contributed by atoms with Gasteiger partial charge >= 0.3 is 12.1 Å². The van der Waals surface area contributed by atoms with E-state index in [9.17, 15) is 27.5 Å². The summed E-state index contributed by atoms with van der Waals surface area (Å²) in [6, 6.07) is 15.9. The lowest BCUT2D eigenvalue weighted by Gasteiger charge is -2.15. The summed E-state index contributed by atoms with van der Waals surface area (Å²) >= 11 is 0. The Hall–Kier alpha value is -4.80. The number of alkyl halides is 3. The SMILES string of the molecule is O=C(O)c1ccccc1Nc1c(-c2cc(F)c3nccnc3c2)c(C(F)(F)F)nn1-c1ccccc1. The molecule has 5 aromatic rings. The molecular formula is C25H15F4N5O2. The van der Waals surface area contributed by atoms with Crippen LogP contribution < -0.4 is 5.32 Å². The second-order valence-electron chi connectivity index (χ2n) is 7.68. The maximum Gasteiger partial charge on any atom is 0.435 e. The van der Waals surface area contributed by atoms with Gasteiger partial charge in [0.2, 0.25) is 0 Å². The number of carboxylic acids is 1. The lowest BCUT2D eigenvalue weighted by molar-refractivity contribution is -0.140. The number of fused-ring (bicyclic) bond motifs is 1. The number of carboxylic acid groups (broad SMARTS) is 1. The molecule has 0 saturated carbocycles. The fraction of sp³-hybridized carbons (Fsp3) is 0.0400. The van der Waals surface area contributed by atoms with Gasteiger partial charge in [-0.1, -0.05) is 30.3 Å². The third-order valence-electron chi connectivity index (χ3n) is 5.38. The van der Waals surface area contributed by atoms with Gasteiger partial charge in [0.25, 0.3) is 0 Å². The zero-order chi connectivity index (χ0) is 25.4. The monoisotopic (exact) mass is 493 g/mol. The van der Waals surface area contributed by atoms with Crippen LogP contribution in [-0.4, -0.2) is 30.8 Å². The number of nitrogens with one attached hydrogen (secondary N) is 1. The molecule has 36 heavy (non-hydrogen) atoms. The van der Waals surface area contributed by atoms with Crippen molar-refractivity contribution in [2.45, 2.75) is 6.18 Å². The highest BCUT2D eigenvalue weighted by Crippen LogP contribution is 2.44. The number of benzene rings is 3. The van der Waals surface area contributed by atoms with E-state index in [-0.39, 0.29) is 39.4 Å². The highest BCUT2D eigenvalue weighted by atomic mass is 19.4. The zero-order valence-corrected chi connectivity index (χ0v) is 18.2. The van der Waals surface area contributed by atoms with Crippen molar-refractivity contribution >= 4 is 28.5 Å². The first-order valence-corrected chi connectivity index (χ1v) is 10.5. The number of nitrogens with zero attached hydrogens (tertiary/aromatic N) is 4. The van der Waals surface area contributed by atoms with Gasteiger partial charge in [0.05, 0.1) is 28.0 Å². The molecule has 180 valence electrons. The van der Waals surface area contributed by atoms with Crippen LogP contribution in [0.2, 0.25) is 0 Å². The van der Waals surface area contributed by atoms with Crippen LogP contribution >= 0.6 is 0 Å². The number of halogens is 4. The van der Waals surface area contributed by atoms with Crippen molar-refractivity contribution in [3.05, 3.63) is 96.2 Å². The van der Waals surface area contributed by atoms with E-state index in [0.29, 0.717) is 0 Å². The van der Waals surface area contributed by atoms with Gasteiger partial charge in [0.1, 0.15) is 11.3 Å². The number of carbonyl (C=O) groups is 1. The Balaban J connectivity index is 1.84. The number of hydrogen-bond acceptors (Lipinski definition) is 5. The Morgan fingerprint density at radius 2 is 1.64 bits per heavy atom. The van der Waals surface area contributed by atoms with Gasteiger partial charge in [-0.2, -0.15) is 18.3 Å². The van der Waals surface area contributed by atoms with Crippen LogP contribution in [0.3, 0.4) is 0 Å². The van der Waals surface area contributed by atoms with Crippen molar-refractivity contribution in [2.75, 3.05) is 5.32 Å². The fourth-order valence-electron chi connectivity index (χ4n) is 3.84. The third kappa shape index (κ3) is 4.11. The van der Waals surface area contributed by atoms with E-state index in [1.54, 1.807) is 18.2 Å². The summed E-state index contributed by atoms with van der Waals surface area (Å²) in [6.45, 7) is 0. The van der Waals surface area contributed by atoms with Crippen molar-refractivity contribution in [1.29, 1.82) is 0 Å². The molecule has 0 unspecified atom stereocenters. The maximum atomic E-state index is 14.9. The Morgan fingerprint density at radius 1 is 0.944 bits per heavy atom. The minimum Gasteiger partial charge on any atom is -0.478 e. The van der Waals surface area contributed by atoms with Crippen molar-refractivity contribution < 1.29 is 27.5 Å². The zero-order valence-electron chi connectivity index (χ0n) is 18.2. The predicted molar refractivity (Wildman–Crippen MR) is 124 cm³/mol. The predicted octanol–water partition coefficient (Wildman–Crippen LogP) is 6.08. The van der Waals surface area contributed by atoms with E-state index >= 15 is 0 Å². The topological polar surface area (TPSA) is 92.9 Å². The third-order valence-corrected chi connectivity index (χ3v) is 5.38. The summed E-state index contributed by atoms with van der Waals surface area (Å²) in [6.07, 6.45) is -2.35. The number of aromatic nitrogens is 4. The molecule has 3 aromatic carbocycles. The highest BCUT2D eigenvalue weighted by Gasteiger charge is 2.40. The largest absolute Gasteiger partial charge is 0.478 e. The molecular weight excluding hydrogens is 478 g/mol. The van der Waals surface area contributed by atoms with Crippen LogP contribution in [0.25, 0.3) is 27.8 Å². The second-order valence-corrected chi connectivity index (χ2v) is 7.68. The summed E-state index contributed by atoms with van der Waals surface area (Å²) in [4.78, 5) is 19.7. The standard InChI is InChI=1S/C25H15F4N5O2/c26-17-12-14(13-19-21(17)31-11-10-30-19)20-22(25(27,28)29)33-34(15-6-2-1-3-7-15)23(20)32-18-9-5-4-8-16(18)24(35)36/h1-13,32H,(H,35,36). The Kier molecular flexibility index (Phi) is 5.59. The first-order valence-electron chi connectivity index (χ1n) is 10.5. The fourth-order valence-corrected chi connectivity index (χ4v) is 3.84. The van der Waals surface area contributed by atoms with E-state index in [1.807, 2.05) is 0 Å². The molecule has 0 aliphatic carbocycles. The lowest BCUT2D eigenvalue weighted by Crippen LogP contribution is -2.08. The highest BCUT2D eigenvalue weighted by molar-refractivity contribution is 5.96. The van der Waals surface area contributed by atoms with E-state index in [2.05, 4.69) is 20.4 Å². The lowest BCUT2D eigenvalue weighted by atomic mass is 10.0. The summed E-state index contributed by atoms with van der Waals surface area (Å²) in [5.74, 6) is -2.36. The number of para-hydroxylation sites is 2. The molecule has 0 amide bonds. The molecule has 0 atom stereocenters. The quantitative estimate of drug-likeness (QED) is 0.288. The Morgan fingerprint density at radius 3 is 2.36 bits per heavy atom. The van der Waals surface area contributed by atoms with Gasteiger partial charge in [-0.25, -0.2) is 18.9 Å². The summed E-state index contributed by atoms with van der Waals surface area (Å²) < 4.78 is 58.8. The van der Waals surface area contributed by atoms with Crippen molar-refractivity contribution in [3.8, 4) is 16.8 Å². The number of hydrogen-bond donors (Lipinski definition) is 2. The van der Waals surface area contributed by atoms with E-state index in [4.69, 9.17) is 0 Å². The molecule has 11 heteroatoms. The van der Waals surface area contributed by atoms with Crippen LogP contribution in [-0.2, 0) is 6.18 Å². The van der Waals surface area contributed by atoms with Crippen LogP contribution in [0.1, 0.15) is 16.1 Å². The smallest absolute Gasteiger partial charge is 0.435 e. The van der Waals surface area contributed by atoms with Crippen LogP contribution in [0.15, 0.2) is 79.1 Å². The minimum atomic E-state index is -4.92. The summed E-state index contributed by atoms with van der Waals surface area (Å²) in [5, 5.41) is 16.2. The Labute approximate surface area is 200 Å². The van der Waals surface area contributed by atoms with E-state index in [1.165, 1.54) is 54.9 Å². The van der Waals surface area contributed by atoms with Crippen molar-refractivity contribution in [3.63, 3.8) is 0 Å². The van der Waals surface area contributed by atoms with E-state index < -0.39 is 29.2 Å². The van der Waals surface area contributed by atoms with Crippen LogP contribution in [0.4, 0.5) is 29.1 Å². The van der Waals surface area contributed by atoms with Crippen molar-refractivity contribution in [2.24, 2.45) is 0 Å². The number of rotatable bonds is 5. The maximum absolute atomic E-state index is 14.9. The first kappa shape index (κ1) is 23.0. The minimum absolute atomic E-state index is 0.0260. The normalized spacial score (nSPS) is 11.6. The molecule has 2 N–H and O–H groups in total. The molecule has 0 aliphatic heterocycles. The molecule has 2 aromatic heterocycles.